The van der Waals surface area contributed by atoms with Crippen molar-refractivity contribution in [3.05, 3.63) is 29.6 Å². The summed E-state index contributed by atoms with van der Waals surface area (Å²) in [6.07, 6.45) is 1.02. The van der Waals surface area contributed by atoms with Gasteiger partial charge in [-0.25, -0.2) is 12.8 Å². The Morgan fingerprint density at radius 3 is 2.38 bits per heavy atom. The Bertz CT molecular complexity index is 394. The first-order chi connectivity index (χ1) is 5.87. The van der Waals surface area contributed by atoms with Crippen molar-refractivity contribution in [1.82, 2.24) is 0 Å². The van der Waals surface area contributed by atoms with Crippen LogP contribution in [0.3, 0.4) is 0 Å². The van der Waals surface area contributed by atoms with E-state index in [0.717, 1.165) is 12.3 Å². The molecule has 0 bridgehead atoms. The standard InChI is InChI=1S/C8H10FNO2S/c1-6-3-7(9)5-8(4-6)10-13(2,11)12/h3-5,10H,1-2H3. The maximum Gasteiger partial charge on any atom is 0.229 e. The van der Waals surface area contributed by atoms with Crippen LogP contribution in [0.15, 0.2) is 18.2 Å². The van der Waals surface area contributed by atoms with Crippen LogP contribution in [0, 0.1) is 12.7 Å². The molecule has 0 amide bonds. The van der Waals surface area contributed by atoms with Gasteiger partial charge in [-0.2, -0.15) is 0 Å². The van der Waals surface area contributed by atoms with Gasteiger partial charge in [-0.05, 0) is 30.7 Å². The highest BCUT2D eigenvalue weighted by atomic mass is 32.2. The molecule has 0 aromatic heterocycles. The highest BCUT2D eigenvalue weighted by Crippen LogP contribution is 2.13. The molecule has 0 saturated heterocycles. The minimum Gasteiger partial charge on any atom is -0.284 e. The van der Waals surface area contributed by atoms with Crippen LogP contribution >= 0.6 is 0 Å². The predicted molar refractivity (Wildman–Crippen MR) is 49.6 cm³/mol. The SMILES string of the molecule is Cc1cc(F)cc(NS(C)(=O)=O)c1. The Labute approximate surface area is 76.6 Å². The molecule has 1 aromatic rings. The van der Waals surface area contributed by atoms with Crippen molar-refractivity contribution in [3.8, 4) is 0 Å². The molecule has 0 unspecified atom stereocenters. The number of anilines is 1. The summed E-state index contributed by atoms with van der Waals surface area (Å²) in [5.41, 5.74) is 0.922. The molecule has 13 heavy (non-hydrogen) atoms. The van der Waals surface area contributed by atoms with Gasteiger partial charge in [0.05, 0.1) is 11.9 Å². The summed E-state index contributed by atoms with van der Waals surface area (Å²) in [6, 6.07) is 4.02. The summed E-state index contributed by atoms with van der Waals surface area (Å²) in [4.78, 5) is 0. The second-order valence-electron chi connectivity index (χ2n) is 2.89. The summed E-state index contributed by atoms with van der Waals surface area (Å²) in [6.45, 7) is 1.69. The Balaban J connectivity index is 3.03. The fraction of sp³-hybridized carbons (Fsp3) is 0.250. The van der Waals surface area contributed by atoms with Crippen LogP contribution in [0.25, 0.3) is 0 Å². The summed E-state index contributed by atoms with van der Waals surface area (Å²) in [5.74, 6) is -0.453. The summed E-state index contributed by atoms with van der Waals surface area (Å²) >= 11 is 0. The minimum absolute atomic E-state index is 0.250. The largest absolute Gasteiger partial charge is 0.284 e. The number of nitrogens with one attached hydrogen (secondary N) is 1. The Morgan fingerprint density at radius 1 is 1.31 bits per heavy atom. The van der Waals surface area contributed by atoms with Crippen LogP contribution in [0.5, 0.6) is 0 Å². The Kier molecular flexibility index (Phi) is 2.56. The first-order valence-corrected chi connectivity index (χ1v) is 5.51. The number of hydrogen-bond acceptors (Lipinski definition) is 2. The molecule has 0 fully saturated rings. The summed E-state index contributed by atoms with van der Waals surface area (Å²) in [5, 5.41) is 0. The van der Waals surface area contributed by atoms with Crippen molar-refractivity contribution in [2.75, 3.05) is 11.0 Å². The normalized spacial score (nSPS) is 11.3. The number of rotatable bonds is 2. The lowest BCUT2D eigenvalue weighted by atomic mass is 10.2. The Morgan fingerprint density at radius 2 is 1.92 bits per heavy atom. The first-order valence-electron chi connectivity index (χ1n) is 3.62. The molecule has 0 saturated carbocycles. The molecule has 0 aliphatic heterocycles. The van der Waals surface area contributed by atoms with E-state index in [-0.39, 0.29) is 5.69 Å². The van der Waals surface area contributed by atoms with E-state index in [1.807, 2.05) is 0 Å². The molecule has 5 heteroatoms. The molecule has 1 rings (SSSR count). The van der Waals surface area contributed by atoms with E-state index in [1.54, 1.807) is 13.0 Å². The molecule has 0 atom stereocenters. The quantitative estimate of drug-likeness (QED) is 0.791. The topological polar surface area (TPSA) is 46.2 Å². The van der Waals surface area contributed by atoms with E-state index in [4.69, 9.17) is 0 Å². The number of benzene rings is 1. The van der Waals surface area contributed by atoms with Crippen LogP contribution in [0.4, 0.5) is 10.1 Å². The molecule has 1 N–H and O–H groups in total. The van der Waals surface area contributed by atoms with Crippen molar-refractivity contribution in [3.63, 3.8) is 0 Å². The lowest BCUT2D eigenvalue weighted by molar-refractivity contribution is 0.606. The molecule has 0 radical (unpaired) electrons. The van der Waals surface area contributed by atoms with Crippen LogP contribution in [0.1, 0.15) is 5.56 Å². The van der Waals surface area contributed by atoms with Gasteiger partial charge < -0.3 is 0 Å². The van der Waals surface area contributed by atoms with Gasteiger partial charge in [-0.15, -0.1) is 0 Å². The third-order valence-corrected chi connectivity index (χ3v) is 1.95. The third kappa shape index (κ3) is 3.42. The molecule has 1 aromatic carbocycles. The van der Waals surface area contributed by atoms with Gasteiger partial charge >= 0.3 is 0 Å². The molecule has 0 aliphatic rings. The Hall–Kier alpha value is -1.10. The second-order valence-corrected chi connectivity index (χ2v) is 4.64. The lowest BCUT2D eigenvalue weighted by Crippen LogP contribution is -2.09. The van der Waals surface area contributed by atoms with Crippen LogP contribution < -0.4 is 4.72 Å². The second kappa shape index (κ2) is 3.33. The van der Waals surface area contributed by atoms with E-state index in [1.165, 1.54) is 6.07 Å². The highest BCUT2D eigenvalue weighted by molar-refractivity contribution is 7.92. The van der Waals surface area contributed by atoms with Crippen LogP contribution in [0.2, 0.25) is 0 Å². The van der Waals surface area contributed by atoms with Gasteiger partial charge in [-0.1, -0.05) is 0 Å². The van der Waals surface area contributed by atoms with Gasteiger partial charge in [-0.3, -0.25) is 4.72 Å². The van der Waals surface area contributed by atoms with Crippen molar-refractivity contribution in [2.24, 2.45) is 0 Å². The van der Waals surface area contributed by atoms with Gasteiger partial charge in [0.1, 0.15) is 5.82 Å². The molecular formula is C8H10FNO2S. The van der Waals surface area contributed by atoms with Gasteiger partial charge in [0.2, 0.25) is 10.0 Å². The highest BCUT2D eigenvalue weighted by Gasteiger charge is 2.03. The maximum atomic E-state index is 12.8. The average Bonchev–Trinajstić information content (AvgIpc) is 1.78. The van der Waals surface area contributed by atoms with Gasteiger partial charge in [0.25, 0.3) is 0 Å². The van der Waals surface area contributed by atoms with Crippen molar-refractivity contribution >= 4 is 15.7 Å². The fourth-order valence-corrected chi connectivity index (χ4v) is 1.56. The zero-order valence-corrected chi connectivity index (χ0v) is 8.15. The zero-order valence-electron chi connectivity index (χ0n) is 7.33. The maximum absolute atomic E-state index is 12.8. The number of hydrogen-bond donors (Lipinski definition) is 1. The van der Waals surface area contributed by atoms with Crippen molar-refractivity contribution < 1.29 is 12.8 Å². The minimum atomic E-state index is -3.33. The smallest absolute Gasteiger partial charge is 0.229 e. The van der Waals surface area contributed by atoms with Crippen molar-refractivity contribution in [1.29, 1.82) is 0 Å². The molecule has 3 nitrogen and oxygen atoms in total. The fourth-order valence-electron chi connectivity index (χ4n) is 1.01. The van der Waals surface area contributed by atoms with Gasteiger partial charge in [0, 0.05) is 0 Å². The number of sulfonamides is 1. The predicted octanol–water partition coefficient (Wildman–Crippen LogP) is 1.51. The van der Waals surface area contributed by atoms with Crippen LogP contribution in [-0.2, 0) is 10.0 Å². The molecule has 0 aliphatic carbocycles. The molecule has 72 valence electrons. The van der Waals surface area contributed by atoms with E-state index in [2.05, 4.69) is 4.72 Å². The van der Waals surface area contributed by atoms with Gasteiger partial charge in [0.15, 0.2) is 0 Å². The van der Waals surface area contributed by atoms with Crippen LogP contribution in [-0.4, -0.2) is 14.7 Å². The first kappa shape index (κ1) is 9.98. The summed E-state index contributed by atoms with van der Waals surface area (Å²) in [7, 11) is -3.33. The zero-order chi connectivity index (χ0) is 10.1. The average molecular weight is 203 g/mol. The van der Waals surface area contributed by atoms with E-state index < -0.39 is 15.8 Å². The lowest BCUT2D eigenvalue weighted by Gasteiger charge is -2.04. The number of aryl methyl sites for hydroxylation is 1. The monoisotopic (exact) mass is 203 g/mol. The number of halogens is 1. The van der Waals surface area contributed by atoms with E-state index in [9.17, 15) is 12.8 Å². The molecular weight excluding hydrogens is 193 g/mol. The van der Waals surface area contributed by atoms with E-state index >= 15 is 0 Å². The van der Waals surface area contributed by atoms with E-state index in [0.29, 0.717) is 5.56 Å². The molecule has 0 heterocycles. The summed E-state index contributed by atoms with van der Waals surface area (Å²) < 4.78 is 36.5. The molecule has 0 spiro atoms. The van der Waals surface area contributed by atoms with Crippen molar-refractivity contribution in [2.45, 2.75) is 6.92 Å². The third-order valence-electron chi connectivity index (χ3n) is 1.35.